The first-order valence-corrected chi connectivity index (χ1v) is 7.74. The number of pyridine rings is 1. The Hall–Kier alpha value is -3.35. The van der Waals surface area contributed by atoms with Gasteiger partial charge in [-0.05, 0) is 23.3 Å². The molecule has 0 saturated carbocycles. The fourth-order valence-electron chi connectivity index (χ4n) is 2.51. The lowest BCUT2D eigenvalue weighted by molar-refractivity contribution is -0.139. The number of aromatic nitrogens is 2. The number of aromatic amines is 1. The highest BCUT2D eigenvalue weighted by Crippen LogP contribution is 2.17. The van der Waals surface area contributed by atoms with Crippen molar-refractivity contribution in [3.05, 3.63) is 66.0 Å². The van der Waals surface area contributed by atoms with Crippen molar-refractivity contribution in [3.63, 3.8) is 0 Å². The third-order valence-electron chi connectivity index (χ3n) is 3.76. The second-order valence-corrected chi connectivity index (χ2v) is 5.51. The summed E-state index contributed by atoms with van der Waals surface area (Å²) in [6.07, 6.45) is 2.71. The fourth-order valence-corrected chi connectivity index (χ4v) is 2.51. The van der Waals surface area contributed by atoms with Crippen LogP contribution in [0.5, 0.6) is 0 Å². The summed E-state index contributed by atoms with van der Waals surface area (Å²) in [6.45, 7) is 0.0794. The normalized spacial score (nSPS) is 11.8. The maximum atomic E-state index is 11.9. The molecule has 1 atom stereocenters. The molecule has 3 aromatic rings. The molecule has 0 spiro atoms. The molecule has 1 unspecified atom stereocenters. The third-order valence-corrected chi connectivity index (χ3v) is 3.76. The van der Waals surface area contributed by atoms with Crippen molar-refractivity contribution in [3.8, 4) is 0 Å². The standard InChI is InChI=1S/C18H17N3O4/c22-17(23)15(9-13-10-20-16-14(13)7-4-8-19-16)21-18(24)25-11-12-5-2-1-3-6-12/h1-8,10,15H,9,11H2,(H,19,20)(H,21,24)(H,22,23). The number of carbonyl (C=O) groups excluding carboxylic acids is 1. The summed E-state index contributed by atoms with van der Waals surface area (Å²) in [7, 11) is 0. The van der Waals surface area contributed by atoms with Gasteiger partial charge in [0.1, 0.15) is 18.3 Å². The van der Waals surface area contributed by atoms with E-state index in [0.717, 1.165) is 16.5 Å². The van der Waals surface area contributed by atoms with Gasteiger partial charge in [-0.1, -0.05) is 30.3 Å². The van der Waals surface area contributed by atoms with Crippen LogP contribution in [0.25, 0.3) is 11.0 Å². The highest BCUT2D eigenvalue weighted by atomic mass is 16.5. The molecule has 0 fully saturated rings. The van der Waals surface area contributed by atoms with Crippen molar-refractivity contribution in [2.75, 3.05) is 0 Å². The van der Waals surface area contributed by atoms with Gasteiger partial charge in [-0.15, -0.1) is 0 Å². The Balaban J connectivity index is 1.63. The van der Waals surface area contributed by atoms with Gasteiger partial charge < -0.3 is 20.1 Å². The van der Waals surface area contributed by atoms with Crippen molar-refractivity contribution in [2.45, 2.75) is 19.1 Å². The number of carboxylic acids is 1. The molecule has 0 saturated heterocycles. The van der Waals surface area contributed by atoms with Gasteiger partial charge in [0.25, 0.3) is 0 Å². The van der Waals surface area contributed by atoms with Crippen molar-refractivity contribution >= 4 is 23.1 Å². The first-order chi connectivity index (χ1) is 12.1. The average molecular weight is 339 g/mol. The predicted molar refractivity (Wildman–Crippen MR) is 91.0 cm³/mol. The van der Waals surface area contributed by atoms with Gasteiger partial charge in [0, 0.05) is 24.2 Å². The van der Waals surface area contributed by atoms with Crippen LogP contribution in [-0.4, -0.2) is 33.2 Å². The summed E-state index contributed by atoms with van der Waals surface area (Å²) in [6, 6.07) is 11.7. The second-order valence-electron chi connectivity index (χ2n) is 5.51. The van der Waals surface area contributed by atoms with Gasteiger partial charge in [-0.25, -0.2) is 14.6 Å². The molecule has 128 valence electrons. The van der Waals surface area contributed by atoms with E-state index in [1.54, 1.807) is 18.5 Å². The summed E-state index contributed by atoms with van der Waals surface area (Å²) in [4.78, 5) is 30.5. The molecule has 2 heterocycles. The van der Waals surface area contributed by atoms with Crippen LogP contribution in [0.15, 0.2) is 54.9 Å². The largest absolute Gasteiger partial charge is 0.480 e. The number of fused-ring (bicyclic) bond motifs is 1. The van der Waals surface area contributed by atoms with Crippen LogP contribution in [0.4, 0.5) is 4.79 Å². The Labute approximate surface area is 143 Å². The van der Waals surface area contributed by atoms with E-state index in [-0.39, 0.29) is 13.0 Å². The van der Waals surface area contributed by atoms with E-state index in [1.807, 2.05) is 36.4 Å². The minimum absolute atomic E-state index is 0.0794. The molecular formula is C18H17N3O4. The number of H-pyrrole nitrogens is 1. The number of hydrogen-bond donors (Lipinski definition) is 3. The van der Waals surface area contributed by atoms with E-state index in [0.29, 0.717) is 5.65 Å². The summed E-state index contributed by atoms with van der Waals surface area (Å²) >= 11 is 0. The topological polar surface area (TPSA) is 104 Å². The van der Waals surface area contributed by atoms with E-state index < -0.39 is 18.1 Å². The number of alkyl carbamates (subject to hydrolysis) is 1. The van der Waals surface area contributed by atoms with Crippen LogP contribution in [0.2, 0.25) is 0 Å². The Kier molecular flexibility index (Phi) is 4.94. The van der Waals surface area contributed by atoms with Crippen molar-refractivity contribution in [1.82, 2.24) is 15.3 Å². The molecule has 0 radical (unpaired) electrons. The summed E-state index contributed by atoms with van der Waals surface area (Å²) in [5, 5.41) is 12.6. The lowest BCUT2D eigenvalue weighted by Crippen LogP contribution is -2.42. The Morgan fingerprint density at radius 1 is 1.20 bits per heavy atom. The Morgan fingerprint density at radius 2 is 2.00 bits per heavy atom. The van der Waals surface area contributed by atoms with Crippen LogP contribution >= 0.6 is 0 Å². The Bertz CT molecular complexity index is 876. The van der Waals surface area contributed by atoms with Crippen LogP contribution in [0, 0.1) is 0 Å². The molecule has 0 aliphatic carbocycles. The number of hydrogen-bond acceptors (Lipinski definition) is 4. The molecule has 2 aromatic heterocycles. The molecule has 25 heavy (non-hydrogen) atoms. The minimum atomic E-state index is -1.13. The molecular weight excluding hydrogens is 322 g/mol. The molecule has 3 N–H and O–H groups in total. The molecule has 7 nitrogen and oxygen atoms in total. The first-order valence-electron chi connectivity index (χ1n) is 7.74. The lowest BCUT2D eigenvalue weighted by atomic mass is 10.1. The lowest BCUT2D eigenvalue weighted by Gasteiger charge is -2.14. The number of amides is 1. The van der Waals surface area contributed by atoms with E-state index >= 15 is 0 Å². The monoisotopic (exact) mass is 339 g/mol. The van der Waals surface area contributed by atoms with Crippen molar-refractivity contribution < 1.29 is 19.4 Å². The summed E-state index contributed by atoms with van der Waals surface area (Å²) < 4.78 is 5.08. The number of rotatable bonds is 6. The van der Waals surface area contributed by atoms with Crippen LogP contribution in [0.3, 0.4) is 0 Å². The minimum Gasteiger partial charge on any atom is -0.480 e. The average Bonchev–Trinajstić information content (AvgIpc) is 3.03. The zero-order valence-electron chi connectivity index (χ0n) is 13.3. The van der Waals surface area contributed by atoms with E-state index in [2.05, 4.69) is 15.3 Å². The molecule has 3 rings (SSSR count). The molecule has 7 heteroatoms. The number of benzene rings is 1. The van der Waals surface area contributed by atoms with Gasteiger partial charge in [-0.2, -0.15) is 0 Å². The SMILES string of the molecule is O=C(NC(Cc1c[nH]c2ncccc12)C(=O)O)OCc1ccccc1. The molecule has 1 aromatic carbocycles. The van der Waals surface area contributed by atoms with E-state index in [4.69, 9.17) is 4.74 Å². The zero-order valence-corrected chi connectivity index (χ0v) is 13.3. The highest BCUT2D eigenvalue weighted by Gasteiger charge is 2.22. The zero-order chi connectivity index (χ0) is 17.6. The van der Waals surface area contributed by atoms with Gasteiger partial charge in [0.2, 0.25) is 0 Å². The molecule has 0 aliphatic rings. The smallest absolute Gasteiger partial charge is 0.408 e. The third kappa shape index (κ3) is 4.14. The van der Waals surface area contributed by atoms with Crippen molar-refractivity contribution in [2.24, 2.45) is 0 Å². The van der Waals surface area contributed by atoms with Crippen molar-refractivity contribution in [1.29, 1.82) is 0 Å². The first kappa shape index (κ1) is 16.5. The number of ether oxygens (including phenoxy) is 1. The highest BCUT2D eigenvalue weighted by molar-refractivity contribution is 5.83. The van der Waals surface area contributed by atoms with Gasteiger partial charge >= 0.3 is 12.1 Å². The molecule has 0 aliphatic heterocycles. The Morgan fingerprint density at radius 3 is 2.76 bits per heavy atom. The maximum absolute atomic E-state index is 11.9. The van der Waals surface area contributed by atoms with E-state index in [1.165, 1.54) is 0 Å². The van der Waals surface area contributed by atoms with Crippen LogP contribution in [-0.2, 0) is 22.6 Å². The summed E-state index contributed by atoms with van der Waals surface area (Å²) in [5.41, 5.74) is 2.26. The van der Waals surface area contributed by atoms with Crippen LogP contribution in [0.1, 0.15) is 11.1 Å². The maximum Gasteiger partial charge on any atom is 0.408 e. The number of nitrogens with one attached hydrogen (secondary N) is 2. The van der Waals surface area contributed by atoms with E-state index in [9.17, 15) is 14.7 Å². The van der Waals surface area contributed by atoms with Gasteiger partial charge in [0.15, 0.2) is 0 Å². The van der Waals surface area contributed by atoms with Gasteiger partial charge in [-0.3, -0.25) is 0 Å². The quantitative estimate of drug-likeness (QED) is 0.640. The van der Waals surface area contributed by atoms with Gasteiger partial charge in [0.05, 0.1) is 0 Å². The predicted octanol–water partition coefficient (Wildman–Crippen LogP) is 2.49. The molecule has 1 amide bonds. The summed E-state index contributed by atoms with van der Waals surface area (Å²) in [5.74, 6) is -1.13. The molecule has 0 bridgehead atoms. The van der Waals surface area contributed by atoms with Crippen LogP contribution < -0.4 is 5.32 Å². The second kappa shape index (κ2) is 7.48. The number of aliphatic carboxylic acids is 1. The number of carbonyl (C=O) groups is 2. The number of nitrogens with zero attached hydrogens (tertiary/aromatic N) is 1. The number of carboxylic acid groups (broad SMARTS) is 1. The fraction of sp³-hybridized carbons (Fsp3) is 0.167.